The van der Waals surface area contributed by atoms with Crippen LogP contribution in [0, 0.1) is 0 Å². The van der Waals surface area contributed by atoms with Gasteiger partial charge < -0.3 is 5.73 Å². The van der Waals surface area contributed by atoms with Crippen molar-refractivity contribution in [2.45, 2.75) is 57.4 Å². The van der Waals surface area contributed by atoms with Crippen LogP contribution in [0.1, 0.15) is 50.2 Å². The fourth-order valence-corrected chi connectivity index (χ4v) is 2.73. The average molecular weight is 217 g/mol. The maximum Gasteiger partial charge on any atom is 0.0195 e. The van der Waals surface area contributed by atoms with Crippen LogP contribution in [0.4, 0.5) is 0 Å². The molecular formula is C15H23N. The Kier molecular flexibility index (Phi) is 3.65. The minimum absolute atomic E-state index is 0.0754. The van der Waals surface area contributed by atoms with Crippen molar-refractivity contribution in [3.8, 4) is 0 Å². The van der Waals surface area contributed by atoms with E-state index < -0.39 is 0 Å². The first kappa shape index (κ1) is 11.7. The molecule has 16 heavy (non-hydrogen) atoms. The lowest BCUT2D eigenvalue weighted by atomic mass is 9.78. The fourth-order valence-electron chi connectivity index (χ4n) is 2.73. The van der Waals surface area contributed by atoms with Gasteiger partial charge in [0.1, 0.15) is 0 Å². The summed E-state index contributed by atoms with van der Waals surface area (Å²) in [5, 5.41) is 0. The maximum atomic E-state index is 6.46. The Morgan fingerprint density at radius 1 is 1.00 bits per heavy atom. The third kappa shape index (κ3) is 2.85. The summed E-state index contributed by atoms with van der Waals surface area (Å²) in [7, 11) is 0. The molecule has 1 saturated carbocycles. The molecule has 0 saturated heterocycles. The van der Waals surface area contributed by atoms with Crippen molar-refractivity contribution in [1.82, 2.24) is 0 Å². The van der Waals surface area contributed by atoms with E-state index in [2.05, 4.69) is 31.2 Å². The lowest BCUT2D eigenvalue weighted by Crippen LogP contribution is -2.43. The summed E-state index contributed by atoms with van der Waals surface area (Å²) in [6.07, 6.45) is 8.55. The number of benzene rings is 1. The smallest absolute Gasteiger partial charge is 0.0195 e. The highest BCUT2D eigenvalue weighted by Crippen LogP contribution is 2.29. The fraction of sp³-hybridized carbons (Fsp3) is 0.600. The summed E-state index contributed by atoms with van der Waals surface area (Å²) in [6, 6.07) is 8.98. The van der Waals surface area contributed by atoms with Gasteiger partial charge in [-0.2, -0.15) is 0 Å². The van der Waals surface area contributed by atoms with E-state index in [0.29, 0.717) is 0 Å². The van der Waals surface area contributed by atoms with Gasteiger partial charge in [0.25, 0.3) is 0 Å². The maximum absolute atomic E-state index is 6.46. The summed E-state index contributed by atoms with van der Waals surface area (Å²) >= 11 is 0. The molecule has 0 aliphatic heterocycles. The minimum Gasteiger partial charge on any atom is -0.325 e. The summed E-state index contributed by atoms with van der Waals surface area (Å²) in [5.74, 6) is 0. The van der Waals surface area contributed by atoms with Gasteiger partial charge in [-0.1, -0.05) is 50.5 Å². The summed E-state index contributed by atoms with van der Waals surface area (Å²) in [5.41, 5.74) is 9.36. The molecule has 0 atom stereocenters. The van der Waals surface area contributed by atoms with Gasteiger partial charge in [-0.15, -0.1) is 0 Å². The Balaban J connectivity index is 2.01. The zero-order chi connectivity index (χ0) is 11.4. The normalized spacial score (nSPS) is 19.6. The van der Waals surface area contributed by atoms with E-state index in [1.165, 1.54) is 43.2 Å². The zero-order valence-corrected chi connectivity index (χ0v) is 10.3. The van der Waals surface area contributed by atoms with Gasteiger partial charge in [0.15, 0.2) is 0 Å². The van der Waals surface area contributed by atoms with Gasteiger partial charge in [0, 0.05) is 5.54 Å². The number of hydrogen-bond donors (Lipinski definition) is 1. The van der Waals surface area contributed by atoms with Crippen molar-refractivity contribution in [2.24, 2.45) is 5.73 Å². The Morgan fingerprint density at radius 2 is 1.56 bits per heavy atom. The van der Waals surface area contributed by atoms with Crippen LogP contribution in [0.25, 0.3) is 0 Å². The molecule has 1 aliphatic rings. The van der Waals surface area contributed by atoms with E-state index >= 15 is 0 Å². The van der Waals surface area contributed by atoms with Crippen LogP contribution < -0.4 is 5.73 Å². The van der Waals surface area contributed by atoms with Crippen molar-refractivity contribution in [1.29, 1.82) is 0 Å². The summed E-state index contributed by atoms with van der Waals surface area (Å²) in [6.45, 7) is 2.20. The van der Waals surface area contributed by atoms with Gasteiger partial charge in [-0.3, -0.25) is 0 Å². The molecule has 0 radical (unpaired) electrons. The predicted octanol–water partition coefficient (Wildman–Crippen LogP) is 3.45. The molecular weight excluding hydrogens is 194 g/mol. The van der Waals surface area contributed by atoms with Crippen molar-refractivity contribution in [3.05, 3.63) is 35.4 Å². The molecule has 0 bridgehead atoms. The summed E-state index contributed by atoms with van der Waals surface area (Å²) in [4.78, 5) is 0. The standard InChI is InChI=1S/C15H23N/c1-2-13-6-8-14(9-7-13)12-15(16)10-4-3-5-11-15/h6-9H,2-5,10-12,16H2,1H3. The SMILES string of the molecule is CCc1ccc(CC2(N)CCCCC2)cc1. The van der Waals surface area contributed by atoms with Crippen LogP contribution in [0.2, 0.25) is 0 Å². The molecule has 0 aromatic heterocycles. The third-order valence-corrected chi connectivity index (χ3v) is 3.84. The topological polar surface area (TPSA) is 26.0 Å². The van der Waals surface area contributed by atoms with E-state index in [-0.39, 0.29) is 5.54 Å². The quantitative estimate of drug-likeness (QED) is 0.824. The summed E-state index contributed by atoms with van der Waals surface area (Å²) < 4.78 is 0. The molecule has 1 nitrogen and oxygen atoms in total. The molecule has 1 aromatic carbocycles. The van der Waals surface area contributed by atoms with Crippen molar-refractivity contribution in [2.75, 3.05) is 0 Å². The largest absolute Gasteiger partial charge is 0.325 e. The van der Waals surface area contributed by atoms with Crippen LogP contribution in [0.15, 0.2) is 24.3 Å². The van der Waals surface area contributed by atoms with Crippen LogP contribution >= 0.6 is 0 Å². The first-order valence-corrected chi connectivity index (χ1v) is 6.58. The van der Waals surface area contributed by atoms with Crippen molar-refractivity contribution >= 4 is 0 Å². The van der Waals surface area contributed by atoms with Gasteiger partial charge in [0.2, 0.25) is 0 Å². The Hall–Kier alpha value is -0.820. The highest BCUT2D eigenvalue weighted by Gasteiger charge is 2.27. The van der Waals surface area contributed by atoms with E-state index in [4.69, 9.17) is 5.73 Å². The second-order valence-electron chi connectivity index (χ2n) is 5.27. The molecule has 0 amide bonds. The molecule has 0 heterocycles. The molecule has 88 valence electrons. The highest BCUT2D eigenvalue weighted by molar-refractivity contribution is 5.24. The molecule has 2 rings (SSSR count). The number of hydrogen-bond acceptors (Lipinski definition) is 1. The van der Waals surface area contributed by atoms with Crippen LogP contribution in [0.3, 0.4) is 0 Å². The van der Waals surface area contributed by atoms with Gasteiger partial charge in [-0.05, 0) is 36.8 Å². The van der Waals surface area contributed by atoms with Gasteiger partial charge >= 0.3 is 0 Å². The van der Waals surface area contributed by atoms with E-state index in [1.54, 1.807) is 0 Å². The lowest BCUT2D eigenvalue weighted by Gasteiger charge is -2.33. The second-order valence-corrected chi connectivity index (χ2v) is 5.27. The van der Waals surface area contributed by atoms with Gasteiger partial charge in [-0.25, -0.2) is 0 Å². The number of nitrogens with two attached hydrogens (primary N) is 1. The Bertz CT molecular complexity index is 320. The average Bonchev–Trinajstić information content (AvgIpc) is 2.30. The molecule has 1 fully saturated rings. The third-order valence-electron chi connectivity index (χ3n) is 3.84. The van der Waals surface area contributed by atoms with E-state index in [9.17, 15) is 0 Å². The second kappa shape index (κ2) is 5.01. The first-order valence-electron chi connectivity index (χ1n) is 6.58. The van der Waals surface area contributed by atoms with Crippen LogP contribution in [-0.2, 0) is 12.8 Å². The van der Waals surface area contributed by atoms with Crippen molar-refractivity contribution < 1.29 is 0 Å². The first-order chi connectivity index (χ1) is 7.72. The van der Waals surface area contributed by atoms with E-state index in [0.717, 1.165) is 12.8 Å². The molecule has 0 spiro atoms. The zero-order valence-electron chi connectivity index (χ0n) is 10.3. The van der Waals surface area contributed by atoms with Crippen molar-refractivity contribution in [3.63, 3.8) is 0 Å². The number of aryl methyl sites for hydroxylation is 1. The molecule has 2 N–H and O–H groups in total. The molecule has 1 heteroatoms. The molecule has 1 aromatic rings. The molecule has 1 aliphatic carbocycles. The lowest BCUT2D eigenvalue weighted by molar-refractivity contribution is 0.294. The predicted molar refractivity (Wildman–Crippen MR) is 69.5 cm³/mol. The Morgan fingerprint density at radius 3 is 2.12 bits per heavy atom. The molecule has 0 unspecified atom stereocenters. The monoisotopic (exact) mass is 217 g/mol. The van der Waals surface area contributed by atoms with Gasteiger partial charge in [0.05, 0.1) is 0 Å². The highest BCUT2D eigenvalue weighted by atomic mass is 14.7. The number of rotatable bonds is 3. The van der Waals surface area contributed by atoms with E-state index in [1.807, 2.05) is 0 Å². The Labute approximate surface area is 99.0 Å². The minimum atomic E-state index is 0.0754. The van der Waals surface area contributed by atoms with Crippen LogP contribution in [-0.4, -0.2) is 5.54 Å². The van der Waals surface area contributed by atoms with Crippen LogP contribution in [0.5, 0.6) is 0 Å².